The number of alkyl halides is 3. The van der Waals surface area contributed by atoms with Crippen LogP contribution in [0, 0.1) is 20.8 Å². The van der Waals surface area contributed by atoms with E-state index in [1.807, 2.05) is 20.8 Å². The number of benzene rings is 2. The van der Waals surface area contributed by atoms with Crippen LogP contribution in [0.15, 0.2) is 48.5 Å². The summed E-state index contributed by atoms with van der Waals surface area (Å²) in [7, 11) is 0. The van der Waals surface area contributed by atoms with Crippen LogP contribution in [0.3, 0.4) is 0 Å². The number of aryl methyl sites for hydroxylation is 3. The largest absolute Gasteiger partial charge is 0.418 e. The zero-order valence-corrected chi connectivity index (χ0v) is 20.0. The molecule has 0 unspecified atom stereocenters. The van der Waals surface area contributed by atoms with Crippen molar-refractivity contribution >= 4 is 17.5 Å². The second-order valence-corrected chi connectivity index (χ2v) is 8.77. The van der Waals surface area contributed by atoms with Crippen LogP contribution in [-0.2, 0) is 12.6 Å². The van der Waals surface area contributed by atoms with E-state index in [9.17, 15) is 18.0 Å². The third kappa shape index (κ3) is 5.72. The Bertz CT molecular complexity index is 1200. The molecule has 2 aromatic carbocycles. The highest BCUT2D eigenvalue weighted by molar-refractivity contribution is 5.90. The van der Waals surface area contributed by atoms with E-state index < -0.39 is 17.8 Å². The van der Waals surface area contributed by atoms with E-state index in [0.717, 1.165) is 28.7 Å². The van der Waals surface area contributed by atoms with E-state index in [0.29, 0.717) is 38.4 Å². The Labute approximate surface area is 202 Å². The first-order valence-electron chi connectivity index (χ1n) is 11.5. The molecule has 6 nitrogen and oxygen atoms in total. The standard InChI is InChI=1S/C26H28F3N5O/c1-17-8-10-20(11-9-17)16-21-18(2)30-19(3)31-24(21)33-12-14-34(15-13-33)25(35)32-23-7-5-4-6-22(23)26(27,28)29/h4-11H,12-16H2,1-3H3,(H,32,35). The van der Waals surface area contributed by atoms with Gasteiger partial charge in [0.1, 0.15) is 11.6 Å². The summed E-state index contributed by atoms with van der Waals surface area (Å²) in [6.45, 7) is 7.65. The number of hydrogen-bond acceptors (Lipinski definition) is 4. The van der Waals surface area contributed by atoms with Crippen molar-refractivity contribution in [2.24, 2.45) is 0 Å². The van der Waals surface area contributed by atoms with E-state index in [-0.39, 0.29) is 5.69 Å². The lowest BCUT2D eigenvalue weighted by molar-refractivity contribution is -0.136. The van der Waals surface area contributed by atoms with Gasteiger partial charge in [0.15, 0.2) is 0 Å². The molecule has 0 saturated carbocycles. The summed E-state index contributed by atoms with van der Waals surface area (Å²) in [4.78, 5) is 25.7. The van der Waals surface area contributed by atoms with E-state index in [4.69, 9.17) is 4.98 Å². The first-order chi connectivity index (χ1) is 16.6. The van der Waals surface area contributed by atoms with Crippen molar-refractivity contribution in [1.82, 2.24) is 14.9 Å². The molecule has 1 aliphatic heterocycles. The van der Waals surface area contributed by atoms with Crippen molar-refractivity contribution in [2.75, 3.05) is 36.4 Å². The highest BCUT2D eigenvalue weighted by atomic mass is 19.4. The molecule has 0 spiro atoms. The van der Waals surface area contributed by atoms with Gasteiger partial charge in [-0.25, -0.2) is 14.8 Å². The molecule has 0 aliphatic carbocycles. The van der Waals surface area contributed by atoms with Crippen molar-refractivity contribution in [2.45, 2.75) is 33.4 Å². The number of nitrogens with one attached hydrogen (secondary N) is 1. The molecule has 2 amide bonds. The summed E-state index contributed by atoms with van der Waals surface area (Å²) >= 11 is 0. The minimum absolute atomic E-state index is 0.241. The van der Waals surface area contributed by atoms with Crippen LogP contribution in [0.4, 0.5) is 29.5 Å². The maximum atomic E-state index is 13.3. The summed E-state index contributed by atoms with van der Waals surface area (Å²) < 4.78 is 39.8. The normalized spacial score (nSPS) is 14.2. The fourth-order valence-corrected chi connectivity index (χ4v) is 4.25. The van der Waals surface area contributed by atoms with Crippen LogP contribution in [0.1, 0.15) is 33.8 Å². The lowest BCUT2D eigenvalue weighted by Gasteiger charge is -2.36. The highest BCUT2D eigenvalue weighted by Gasteiger charge is 2.34. The molecule has 0 radical (unpaired) electrons. The number of para-hydroxylation sites is 1. The van der Waals surface area contributed by atoms with Gasteiger partial charge in [-0.2, -0.15) is 13.2 Å². The Kier molecular flexibility index (Phi) is 6.95. The summed E-state index contributed by atoms with van der Waals surface area (Å²) in [6.07, 6.45) is -3.85. The number of hydrogen-bond donors (Lipinski definition) is 1. The average molecular weight is 484 g/mol. The Hall–Kier alpha value is -3.62. The number of rotatable bonds is 4. The predicted octanol–water partition coefficient (Wildman–Crippen LogP) is 5.37. The topological polar surface area (TPSA) is 61.4 Å². The second kappa shape index (κ2) is 9.93. The number of aromatic nitrogens is 2. The lowest BCUT2D eigenvalue weighted by Crippen LogP contribution is -2.50. The van der Waals surface area contributed by atoms with Gasteiger partial charge in [0.05, 0.1) is 11.3 Å². The van der Waals surface area contributed by atoms with Crippen molar-refractivity contribution in [3.8, 4) is 0 Å². The molecule has 1 saturated heterocycles. The van der Waals surface area contributed by atoms with Gasteiger partial charge in [-0.1, -0.05) is 42.0 Å². The van der Waals surface area contributed by atoms with Gasteiger partial charge < -0.3 is 15.1 Å². The van der Waals surface area contributed by atoms with Crippen molar-refractivity contribution in [1.29, 1.82) is 0 Å². The molecule has 184 valence electrons. The third-order valence-electron chi connectivity index (χ3n) is 6.15. The SMILES string of the molecule is Cc1ccc(Cc2c(C)nc(C)nc2N2CCN(C(=O)Nc3ccccc3C(F)(F)F)CC2)cc1. The zero-order valence-electron chi connectivity index (χ0n) is 20.0. The summed E-state index contributed by atoms with van der Waals surface area (Å²) in [5, 5.41) is 2.43. The molecule has 3 aromatic rings. The summed E-state index contributed by atoms with van der Waals surface area (Å²) in [5.41, 5.74) is 3.20. The van der Waals surface area contributed by atoms with Crippen LogP contribution in [0.5, 0.6) is 0 Å². The highest BCUT2D eigenvalue weighted by Crippen LogP contribution is 2.34. The van der Waals surface area contributed by atoms with Gasteiger partial charge in [-0.15, -0.1) is 0 Å². The van der Waals surface area contributed by atoms with E-state index >= 15 is 0 Å². The molecule has 35 heavy (non-hydrogen) atoms. The van der Waals surface area contributed by atoms with Crippen molar-refractivity contribution < 1.29 is 18.0 Å². The number of nitrogens with zero attached hydrogens (tertiary/aromatic N) is 4. The quantitative estimate of drug-likeness (QED) is 0.542. The van der Waals surface area contributed by atoms with Gasteiger partial charge in [0.25, 0.3) is 0 Å². The Morgan fingerprint density at radius 3 is 2.26 bits per heavy atom. The minimum Gasteiger partial charge on any atom is -0.353 e. The Morgan fingerprint density at radius 2 is 1.60 bits per heavy atom. The molecule has 1 N–H and O–H groups in total. The molecule has 0 atom stereocenters. The molecule has 0 bridgehead atoms. The van der Waals surface area contributed by atoms with Crippen molar-refractivity contribution in [3.05, 3.63) is 82.3 Å². The van der Waals surface area contributed by atoms with Gasteiger partial charge in [-0.05, 0) is 38.5 Å². The minimum atomic E-state index is -4.54. The van der Waals surface area contributed by atoms with Crippen LogP contribution >= 0.6 is 0 Å². The smallest absolute Gasteiger partial charge is 0.353 e. The number of carbonyl (C=O) groups is 1. The third-order valence-corrected chi connectivity index (χ3v) is 6.15. The van der Waals surface area contributed by atoms with E-state index in [1.54, 1.807) is 0 Å². The maximum Gasteiger partial charge on any atom is 0.418 e. The number of halogens is 3. The summed E-state index contributed by atoms with van der Waals surface area (Å²) in [6, 6.07) is 12.8. The van der Waals surface area contributed by atoms with E-state index in [1.165, 1.54) is 28.7 Å². The van der Waals surface area contributed by atoms with Crippen molar-refractivity contribution in [3.63, 3.8) is 0 Å². The first kappa shape index (κ1) is 24.5. The fourth-order valence-electron chi connectivity index (χ4n) is 4.25. The number of amides is 2. The first-order valence-corrected chi connectivity index (χ1v) is 11.5. The Morgan fingerprint density at radius 1 is 0.943 bits per heavy atom. The van der Waals surface area contributed by atoms with Crippen LogP contribution in [-0.4, -0.2) is 47.1 Å². The number of piperazine rings is 1. The molecule has 9 heteroatoms. The average Bonchev–Trinajstić information content (AvgIpc) is 2.81. The van der Waals surface area contributed by atoms with Gasteiger partial charge in [0.2, 0.25) is 0 Å². The molecule has 2 heterocycles. The van der Waals surface area contributed by atoms with E-state index in [2.05, 4.69) is 39.5 Å². The molecule has 1 aliphatic rings. The predicted molar refractivity (Wildman–Crippen MR) is 130 cm³/mol. The molecular weight excluding hydrogens is 455 g/mol. The van der Waals surface area contributed by atoms with Crippen LogP contribution in [0.25, 0.3) is 0 Å². The maximum absolute atomic E-state index is 13.3. The van der Waals surface area contributed by atoms with Gasteiger partial charge >= 0.3 is 12.2 Å². The molecular formula is C26H28F3N5O. The Balaban J connectivity index is 1.47. The van der Waals surface area contributed by atoms with Crippen LogP contribution in [0.2, 0.25) is 0 Å². The lowest BCUT2D eigenvalue weighted by atomic mass is 10.0. The van der Waals surface area contributed by atoms with Crippen LogP contribution < -0.4 is 10.2 Å². The second-order valence-electron chi connectivity index (χ2n) is 8.77. The zero-order chi connectivity index (χ0) is 25.2. The molecule has 1 fully saturated rings. The monoisotopic (exact) mass is 483 g/mol. The molecule has 4 rings (SSSR count). The number of urea groups is 1. The fraction of sp³-hybridized carbons (Fsp3) is 0.346. The molecule has 1 aromatic heterocycles. The number of anilines is 2. The number of carbonyl (C=O) groups excluding carboxylic acids is 1. The summed E-state index contributed by atoms with van der Waals surface area (Å²) in [5.74, 6) is 1.52. The van der Waals surface area contributed by atoms with Gasteiger partial charge in [-0.3, -0.25) is 0 Å². The van der Waals surface area contributed by atoms with Gasteiger partial charge in [0, 0.05) is 43.9 Å².